The molecule has 2 aromatic heterocycles. The van der Waals surface area contributed by atoms with E-state index in [9.17, 15) is 4.79 Å². The monoisotopic (exact) mass is 399 g/mol. The molecular formula is C19H21N5OS2. The number of hydrogen-bond donors (Lipinski definition) is 1. The largest absolute Gasteiger partial charge is 0.300 e. The molecule has 8 heteroatoms. The van der Waals surface area contributed by atoms with Gasteiger partial charge in [-0.2, -0.15) is 0 Å². The lowest BCUT2D eigenvalue weighted by Gasteiger charge is -2.06. The minimum atomic E-state index is -0.140. The number of nitrogens with one attached hydrogen (secondary N) is 1. The fourth-order valence-corrected chi connectivity index (χ4v) is 4.06. The smallest absolute Gasteiger partial charge is 0.236 e. The second kappa shape index (κ2) is 9.05. The van der Waals surface area contributed by atoms with Crippen LogP contribution in [0.5, 0.6) is 0 Å². The average molecular weight is 400 g/mol. The molecule has 0 unspecified atom stereocenters. The van der Waals surface area contributed by atoms with Crippen molar-refractivity contribution >= 4 is 34.1 Å². The van der Waals surface area contributed by atoms with Crippen molar-refractivity contribution in [3.8, 4) is 11.3 Å². The summed E-state index contributed by atoms with van der Waals surface area (Å²) in [5.41, 5.74) is 2.75. The van der Waals surface area contributed by atoms with E-state index in [1.807, 2.05) is 43.3 Å². The highest BCUT2D eigenvalue weighted by atomic mass is 32.2. The van der Waals surface area contributed by atoms with Crippen LogP contribution in [0.1, 0.15) is 24.5 Å². The molecule has 0 spiro atoms. The van der Waals surface area contributed by atoms with Crippen LogP contribution in [0.3, 0.4) is 0 Å². The van der Waals surface area contributed by atoms with Gasteiger partial charge in [0.05, 0.1) is 11.4 Å². The van der Waals surface area contributed by atoms with E-state index < -0.39 is 0 Å². The molecule has 0 aliphatic rings. The Hall–Kier alpha value is -2.32. The van der Waals surface area contributed by atoms with Gasteiger partial charge in [0.1, 0.15) is 5.01 Å². The zero-order valence-electron chi connectivity index (χ0n) is 15.5. The third-order valence-electron chi connectivity index (χ3n) is 3.53. The first-order valence-corrected chi connectivity index (χ1v) is 10.5. The standard InChI is InChI=1S/C19H21N5OS2/c1-12(2)9-17-23-24-19(27-17)22-16(25)11-26-18-20-13(3)10-15(21-18)14-7-5-4-6-8-14/h4-8,10,12H,9,11H2,1-3H3,(H,22,24,25). The summed E-state index contributed by atoms with van der Waals surface area (Å²) >= 11 is 2.73. The van der Waals surface area contributed by atoms with E-state index in [4.69, 9.17) is 0 Å². The lowest BCUT2D eigenvalue weighted by Crippen LogP contribution is -2.14. The number of hydrogen-bond acceptors (Lipinski definition) is 7. The molecule has 3 aromatic rings. The molecule has 0 saturated carbocycles. The van der Waals surface area contributed by atoms with Crippen molar-refractivity contribution < 1.29 is 4.79 Å². The molecule has 0 saturated heterocycles. The molecule has 0 aliphatic heterocycles. The summed E-state index contributed by atoms with van der Waals surface area (Å²) in [6, 6.07) is 11.9. The van der Waals surface area contributed by atoms with Crippen LogP contribution in [0.25, 0.3) is 11.3 Å². The molecule has 1 amide bonds. The number of nitrogens with zero attached hydrogens (tertiary/aromatic N) is 4. The van der Waals surface area contributed by atoms with Crippen LogP contribution in [0.15, 0.2) is 41.6 Å². The fourth-order valence-electron chi connectivity index (χ4n) is 2.38. The highest BCUT2D eigenvalue weighted by molar-refractivity contribution is 7.99. The first kappa shape index (κ1) is 19.4. The van der Waals surface area contributed by atoms with Crippen LogP contribution >= 0.6 is 23.1 Å². The molecule has 1 N–H and O–H groups in total. The Bertz CT molecular complexity index is 911. The van der Waals surface area contributed by atoms with E-state index >= 15 is 0 Å². The average Bonchev–Trinajstić information content (AvgIpc) is 3.06. The van der Waals surface area contributed by atoms with Crippen LogP contribution in [0.4, 0.5) is 5.13 Å². The van der Waals surface area contributed by atoms with Crippen molar-refractivity contribution in [2.45, 2.75) is 32.3 Å². The summed E-state index contributed by atoms with van der Waals surface area (Å²) in [5, 5.41) is 13.0. The number of carbonyl (C=O) groups is 1. The number of carbonyl (C=O) groups excluding carboxylic acids is 1. The number of aryl methyl sites for hydroxylation is 1. The molecule has 3 rings (SSSR count). The molecule has 140 valence electrons. The molecule has 27 heavy (non-hydrogen) atoms. The summed E-state index contributed by atoms with van der Waals surface area (Å²) in [6.45, 7) is 6.18. The predicted molar refractivity (Wildman–Crippen MR) is 110 cm³/mol. The number of thioether (sulfide) groups is 1. The number of rotatable bonds is 7. The maximum atomic E-state index is 12.2. The van der Waals surface area contributed by atoms with Crippen molar-refractivity contribution in [2.24, 2.45) is 5.92 Å². The summed E-state index contributed by atoms with van der Waals surface area (Å²) in [6.07, 6.45) is 0.863. The highest BCUT2D eigenvalue weighted by Gasteiger charge is 2.11. The van der Waals surface area contributed by atoms with Crippen molar-refractivity contribution in [3.05, 3.63) is 47.1 Å². The maximum Gasteiger partial charge on any atom is 0.236 e. The Balaban J connectivity index is 1.60. The van der Waals surface area contributed by atoms with Crippen LogP contribution in [0, 0.1) is 12.8 Å². The van der Waals surface area contributed by atoms with Crippen molar-refractivity contribution in [3.63, 3.8) is 0 Å². The molecule has 0 fully saturated rings. The number of anilines is 1. The topological polar surface area (TPSA) is 80.7 Å². The van der Waals surface area contributed by atoms with Gasteiger partial charge in [-0.1, -0.05) is 67.3 Å². The Kier molecular flexibility index (Phi) is 6.52. The summed E-state index contributed by atoms with van der Waals surface area (Å²) < 4.78 is 0. The van der Waals surface area contributed by atoms with Crippen molar-refractivity contribution in [1.29, 1.82) is 0 Å². The number of amides is 1. The second-order valence-corrected chi connectivity index (χ2v) is 8.48. The fraction of sp³-hybridized carbons (Fsp3) is 0.316. The van der Waals surface area contributed by atoms with Gasteiger partial charge in [0.25, 0.3) is 0 Å². The molecule has 0 atom stereocenters. The molecular weight excluding hydrogens is 378 g/mol. The Labute approximate surface area is 166 Å². The molecule has 1 aromatic carbocycles. The predicted octanol–water partition coefficient (Wildman–Crippen LogP) is 4.23. The van der Waals surface area contributed by atoms with Gasteiger partial charge in [0.2, 0.25) is 11.0 Å². The lowest BCUT2D eigenvalue weighted by molar-refractivity contribution is -0.113. The SMILES string of the molecule is Cc1cc(-c2ccccc2)nc(SCC(=O)Nc2nnc(CC(C)C)s2)n1. The normalized spacial score (nSPS) is 11.0. The summed E-state index contributed by atoms with van der Waals surface area (Å²) in [4.78, 5) is 21.2. The number of aromatic nitrogens is 4. The van der Waals surface area contributed by atoms with E-state index in [-0.39, 0.29) is 11.7 Å². The van der Waals surface area contributed by atoms with Gasteiger partial charge < -0.3 is 0 Å². The zero-order valence-corrected chi connectivity index (χ0v) is 17.1. The summed E-state index contributed by atoms with van der Waals surface area (Å²) in [5.74, 6) is 0.587. The third-order valence-corrected chi connectivity index (χ3v) is 5.24. The maximum absolute atomic E-state index is 12.2. The first-order chi connectivity index (χ1) is 13.0. The van der Waals surface area contributed by atoms with Crippen LogP contribution in [0.2, 0.25) is 0 Å². The van der Waals surface area contributed by atoms with Gasteiger partial charge in [0, 0.05) is 17.7 Å². The van der Waals surface area contributed by atoms with Gasteiger partial charge >= 0.3 is 0 Å². The van der Waals surface area contributed by atoms with E-state index in [0.717, 1.165) is 28.4 Å². The quantitative estimate of drug-likeness (QED) is 0.473. The van der Waals surface area contributed by atoms with E-state index in [0.29, 0.717) is 16.2 Å². The minimum Gasteiger partial charge on any atom is -0.300 e. The van der Waals surface area contributed by atoms with Gasteiger partial charge in [-0.15, -0.1) is 10.2 Å². The van der Waals surface area contributed by atoms with E-state index in [1.165, 1.54) is 23.1 Å². The first-order valence-electron chi connectivity index (χ1n) is 8.65. The Morgan fingerprint density at radius 3 is 2.70 bits per heavy atom. The van der Waals surface area contributed by atoms with Gasteiger partial charge in [0.15, 0.2) is 5.16 Å². The zero-order chi connectivity index (χ0) is 19.2. The molecule has 2 heterocycles. The van der Waals surface area contributed by atoms with Gasteiger partial charge in [-0.25, -0.2) is 9.97 Å². The van der Waals surface area contributed by atoms with Gasteiger partial charge in [-0.05, 0) is 18.9 Å². The van der Waals surface area contributed by atoms with Crippen LogP contribution in [-0.2, 0) is 11.2 Å². The molecule has 6 nitrogen and oxygen atoms in total. The van der Waals surface area contributed by atoms with Crippen LogP contribution in [-0.4, -0.2) is 31.8 Å². The minimum absolute atomic E-state index is 0.140. The van der Waals surface area contributed by atoms with E-state index in [1.54, 1.807) is 0 Å². The summed E-state index contributed by atoms with van der Waals surface area (Å²) in [7, 11) is 0. The molecule has 0 bridgehead atoms. The Morgan fingerprint density at radius 1 is 1.19 bits per heavy atom. The van der Waals surface area contributed by atoms with Crippen LogP contribution < -0.4 is 5.32 Å². The second-order valence-electron chi connectivity index (χ2n) is 6.48. The van der Waals surface area contributed by atoms with E-state index in [2.05, 4.69) is 39.3 Å². The van der Waals surface area contributed by atoms with Crippen molar-refractivity contribution in [1.82, 2.24) is 20.2 Å². The highest BCUT2D eigenvalue weighted by Crippen LogP contribution is 2.22. The van der Waals surface area contributed by atoms with Crippen molar-refractivity contribution in [2.75, 3.05) is 11.1 Å². The lowest BCUT2D eigenvalue weighted by atomic mass is 10.1. The number of benzene rings is 1. The molecule has 0 aliphatic carbocycles. The third kappa shape index (κ3) is 5.83. The molecule has 0 radical (unpaired) electrons. The van der Waals surface area contributed by atoms with Gasteiger partial charge in [-0.3, -0.25) is 10.1 Å². The Morgan fingerprint density at radius 2 is 1.96 bits per heavy atom.